The molecule has 1 aliphatic heterocycles. The average molecular weight is 281 g/mol. The van der Waals surface area contributed by atoms with Crippen molar-refractivity contribution in [2.45, 2.75) is 13.3 Å². The van der Waals surface area contributed by atoms with Crippen molar-refractivity contribution in [3.63, 3.8) is 0 Å². The molecule has 0 radical (unpaired) electrons. The van der Waals surface area contributed by atoms with Gasteiger partial charge < -0.3 is 14.5 Å². The number of rotatable bonds is 7. The van der Waals surface area contributed by atoms with E-state index in [0.717, 1.165) is 0 Å². The van der Waals surface area contributed by atoms with Crippen LogP contribution in [0.2, 0.25) is 0 Å². The number of amides is 1. The zero-order valence-electron chi connectivity index (χ0n) is 9.96. The first-order valence-electron chi connectivity index (χ1n) is 5.51. The molecule has 1 heterocycles. The minimum atomic E-state index is -3.12. The van der Waals surface area contributed by atoms with Crippen LogP contribution >= 0.6 is 8.25 Å². The Morgan fingerprint density at radius 1 is 1.61 bits per heavy atom. The number of ether oxygens (including phenoxy) is 1. The third kappa shape index (κ3) is 4.73. The van der Waals surface area contributed by atoms with Gasteiger partial charge in [-0.2, -0.15) is 4.67 Å². The molecule has 1 fully saturated rings. The molecule has 104 valence electrons. The van der Waals surface area contributed by atoms with Crippen molar-refractivity contribution >= 4 is 20.1 Å². The maximum atomic E-state index is 11.5. The third-order valence-electron chi connectivity index (χ3n) is 2.41. The lowest BCUT2D eigenvalue weighted by Gasteiger charge is -2.15. The quantitative estimate of drug-likeness (QED) is 0.225. The summed E-state index contributed by atoms with van der Waals surface area (Å²) in [6.07, 6.45) is 0.121. The summed E-state index contributed by atoms with van der Waals surface area (Å²) in [5.74, 6) is -1.01. The summed E-state index contributed by atoms with van der Waals surface area (Å²) >= 11 is 0. The van der Waals surface area contributed by atoms with Crippen LogP contribution in [-0.2, 0) is 28.5 Å². The van der Waals surface area contributed by atoms with E-state index in [1.807, 2.05) is 0 Å². The van der Waals surface area contributed by atoms with Crippen molar-refractivity contribution in [1.29, 1.82) is 0 Å². The van der Waals surface area contributed by atoms with Crippen molar-refractivity contribution in [3.05, 3.63) is 0 Å². The number of carbonyl (C=O) groups is 2. The maximum absolute atomic E-state index is 11.5. The normalized spacial score (nSPS) is 21.1. The van der Waals surface area contributed by atoms with E-state index < -0.39 is 14.2 Å². The fraction of sp³-hybridized carbons (Fsp3) is 0.778. The highest BCUT2D eigenvalue weighted by molar-refractivity contribution is 7.31. The Morgan fingerprint density at radius 2 is 2.33 bits per heavy atom. The van der Waals surface area contributed by atoms with Gasteiger partial charge in [-0.3, -0.25) is 14.2 Å². The zero-order valence-corrected chi connectivity index (χ0v) is 11.0. The van der Waals surface area contributed by atoms with Gasteiger partial charge in [0.1, 0.15) is 6.61 Å². The van der Waals surface area contributed by atoms with E-state index in [2.05, 4.69) is 9.56 Å². The fourth-order valence-corrected chi connectivity index (χ4v) is 1.83. The van der Waals surface area contributed by atoms with Crippen LogP contribution < -0.4 is 0 Å². The highest BCUT2D eigenvalue weighted by atomic mass is 31.1. The first-order valence-corrected chi connectivity index (χ1v) is 6.77. The summed E-state index contributed by atoms with van der Waals surface area (Å²) in [5.41, 5.74) is 0. The second kappa shape index (κ2) is 7.48. The van der Waals surface area contributed by atoms with Gasteiger partial charge in [0.25, 0.3) is 0 Å². The molecule has 1 amide bonds. The monoisotopic (exact) mass is 281 g/mol. The first kappa shape index (κ1) is 15.1. The van der Waals surface area contributed by atoms with E-state index in [4.69, 9.17) is 9.63 Å². The lowest BCUT2D eigenvalue weighted by atomic mass is 10.1. The van der Waals surface area contributed by atoms with E-state index in [1.54, 1.807) is 6.92 Å². The minimum Gasteiger partial charge on any atom is -0.466 e. The van der Waals surface area contributed by atoms with Crippen LogP contribution in [0.1, 0.15) is 13.3 Å². The molecule has 0 aromatic heterocycles. The van der Waals surface area contributed by atoms with E-state index in [9.17, 15) is 14.2 Å². The molecule has 2 atom stereocenters. The van der Waals surface area contributed by atoms with Crippen LogP contribution in [0.15, 0.2) is 0 Å². The van der Waals surface area contributed by atoms with Gasteiger partial charge in [0, 0.05) is 19.5 Å². The molecule has 1 rings (SSSR count). The molecule has 0 bridgehead atoms. The predicted octanol–water partition coefficient (Wildman–Crippen LogP) is -0.272. The molecule has 0 aromatic rings. The Balaban J connectivity index is 2.29. The van der Waals surface area contributed by atoms with Crippen LogP contribution in [0.4, 0.5) is 0 Å². The predicted molar refractivity (Wildman–Crippen MR) is 59.6 cm³/mol. The smallest absolute Gasteiger partial charge is 0.344 e. The van der Waals surface area contributed by atoms with E-state index in [-0.39, 0.29) is 44.6 Å². The van der Waals surface area contributed by atoms with Gasteiger partial charge >= 0.3 is 14.2 Å². The molecule has 1 saturated heterocycles. The third-order valence-corrected chi connectivity index (χ3v) is 2.67. The van der Waals surface area contributed by atoms with Crippen LogP contribution in [0, 0.1) is 5.92 Å². The minimum absolute atomic E-state index is 0.0295. The summed E-state index contributed by atoms with van der Waals surface area (Å²) < 4.78 is 19.0. The standard InChI is InChI=1S/C9H16NO7P/c1-2-15-9(12)7-5-8(11)10(6-7)3-4-16-17-18(13)14/h7,18H,2-6H2,1H3,(H,13,14). The molecule has 1 aliphatic rings. The van der Waals surface area contributed by atoms with Crippen molar-refractivity contribution in [2.24, 2.45) is 5.92 Å². The van der Waals surface area contributed by atoms with Gasteiger partial charge in [-0.25, -0.2) is 4.89 Å². The maximum Gasteiger partial charge on any atom is 0.344 e. The largest absolute Gasteiger partial charge is 0.466 e. The molecule has 8 nitrogen and oxygen atoms in total. The molecular formula is C9H16NO7P. The Kier molecular flexibility index (Phi) is 6.28. The molecule has 0 aromatic carbocycles. The Morgan fingerprint density at radius 3 is 2.94 bits per heavy atom. The van der Waals surface area contributed by atoms with E-state index in [0.29, 0.717) is 0 Å². The van der Waals surface area contributed by atoms with Gasteiger partial charge in [0.2, 0.25) is 5.91 Å². The molecule has 18 heavy (non-hydrogen) atoms. The fourth-order valence-electron chi connectivity index (χ4n) is 1.65. The highest BCUT2D eigenvalue weighted by Gasteiger charge is 2.34. The molecule has 1 N–H and O–H groups in total. The number of esters is 1. The highest BCUT2D eigenvalue weighted by Crippen LogP contribution is 2.19. The molecule has 0 saturated carbocycles. The molecule has 2 unspecified atom stereocenters. The van der Waals surface area contributed by atoms with Crippen molar-refractivity contribution < 1.29 is 33.3 Å². The van der Waals surface area contributed by atoms with Gasteiger partial charge in [0.05, 0.1) is 12.5 Å². The van der Waals surface area contributed by atoms with Crippen molar-refractivity contribution in [2.75, 3.05) is 26.3 Å². The second-order valence-corrected chi connectivity index (χ2v) is 4.36. The SMILES string of the molecule is CCOC(=O)C1CC(=O)N(CCOO[PH](=O)O)C1. The van der Waals surface area contributed by atoms with Crippen molar-refractivity contribution in [3.8, 4) is 0 Å². The van der Waals surface area contributed by atoms with Gasteiger partial charge in [-0.1, -0.05) is 0 Å². The van der Waals surface area contributed by atoms with Crippen molar-refractivity contribution in [1.82, 2.24) is 4.90 Å². The Labute approximate surface area is 105 Å². The summed E-state index contributed by atoms with van der Waals surface area (Å²) in [4.78, 5) is 37.1. The average Bonchev–Trinajstić information content (AvgIpc) is 2.67. The lowest BCUT2D eigenvalue weighted by Crippen LogP contribution is -2.30. The van der Waals surface area contributed by atoms with Gasteiger partial charge in [0.15, 0.2) is 0 Å². The zero-order chi connectivity index (χ0) is 13.5. The van der Waals surface area contributed by atoms with Crippen LogP contribution in [0.5, 0.6) is 0 Å². The van der Waals surface area contributed by atoms with E-state index >= 15 is 0 Å². The summed E-state index contributed by atoms with van der Waals surface area (Å²) in [6.45, 7) is 2.43. The number of hydrogen-bond acceptors (Lipinski definition) is 6. The lowest BCUT2D eigenvalue weighted by molar-refractivity contribution is -0.209. The number of nitrogens with zero attached hydrogens (tertiary/aromatic N) is 1. The van der Waals surface area contributed by atoms with Crippen LogP contribution in [-0.4, -0.2) is 48.0 Å². The van der Waals surface area contributed by atoms with E-state index in [1.165, 1.54) is 4.90 Å². The number of hydrogen-bond donors (Lipinski definition) is 1. The first-order chi connectivity index (χ1) is 8.54. The van der Waals surface area contributed by atoms with Crippen LogP contribution in [0.25, 0.3) is 0 Å². The molecule has 9 heteroatoms. The summed E-state index contributed by atoms with van der Waals surface area (Å²) in [6, 6.07) is 0. The Hall–Kier alpha value is -0.950. The number of likely N-dealkylation sites (tertiary alicyclic amines) is 1. The molecule has 0 spiro atoms. The topological polar surface area (TPSA) is 102 Å². The van der Waals surface area contributed by atoms with Crippen LogP contribution in [0.3, 0.4) is 0 Å². The van der Waals surface area contributed by atoms with Gasteiger partial charge in [-0.05, 0) is 6.92 Å². The Bertz CT molecular complexity index is 335. The number of carbonyl (C=O) groups excluding carboxylic acids is 2. The second-order valence-electron chi connectivity index (χ2n) is 3.66. The summed E-state index contributed by atoms with van der Waals surface area (Å²) in [5, 5.41) is 0. The summed E-state index contributed by atoms with van der Waals surface area (Å²) in [7, 11) is -3.12. The molecule has 0 aliphatic carbocycles. The molecular weight excluding hydrogens is 265 g/mol. The van der Waals surface area contributed by atoms with Gasteiger partial charge in [-0.15, -0.1) is 0 Å².